The molecule has 0 saturated carbocycles. The Bertz CT molecular complexity index is 360. The van der Waals surface area contributed by atoms with E-state index in [2.05, 4.69) is 52.6 Å². The van der Waals surface area contributed by atoms with E-state index in [1.807, 2.05) is 0 Å². The van der Waals surface area contributed by atoms with E-state index >= 15 is 0 Å². The molecule has 1 aromatic rings. The quantitative estimate of drug-likeness (QED) is 0.862. The summed E-state index contributed by atoms with van der Waals surface area (Å²) in [6.45, 7) is 3.01. The minimum Gasteiger partial charge on any atom is -0.381 e. The largest absolute Gasteiger partial charge is 0.381 e. The summed E-state index contributed by atoms with van der Waals surface area (Å²) < 4.78 is 6.61. The number of benzene rings is 1. The number of nitrogens with one attached hydrogen (secondary N) is 1. The molecule has 0 amide bonds. The molecule has 0 aliphatic carbocycles. The fourth-order valence-electron chi connectivity index (χ4n) is 2.93. The summed E-state index contributed by atoms with van der Waals surface area (Å²) in [6.07, 6.45) is 4.97. The number of hydrogen-bond donors (Lipinski definition) is 1. The maximum Gasteiger partial charge on any atom is 0.0468 e. The molecule has 1 aliphatic rings. The number of halogens is 1. The predicted molar refractivity (Wildman–Crippen MR) is 83.4 cm³/mol. The molecule has 106 valence electrons. The molecule has 1 heterocycles. The second kappa shape index (κ2) is 8.03. The van der Waals surface area contributed by atoms with Crippen molar-refractivity contribution < 1.29 is 4.74 Å². The minimum absolute atomic E-state index is 0.731. The monoisotopic (exact) mass is 325 g/mol. The third kappa shape index (κ3) is 5.25. The lowest BCUT2D eigenvalue weighted by Crippen LogP contribution is -2.26. The molecule has 0 aromatic heterocycles. The SMILES string of the molecule is CNCC(Cc1ccc(Br)cc1)CC1CCOCC1. The van der Waals surface area contributed by atoms with Crippen molar-refractivity contribution in [1.82, 2.24) is 5.32 Å². The van der Waals surface area contributed by atoms with Crippen LogP contribution in [0.1, 0.15) is 24.8 Å². The van der Waals surface area contributed by atoms with Crippen molar-refractivity contribution >= 4 is 15.9 Å². The lowest BCUT2D eigenvalue weighted by atomic mass is 9.85. The van der Waals surface area contributed by atoms with Crippen LogP contribution in [0.2, 0.25) is 0 Å². The Balaban J connectivity index is 1.89. The van der Waals surface area contributed by atoms with Gasteiger partial charge < -0.3 is 10.1 Å². The van der Waals surface area contributed by atoms with E-state index in [0.29, 0.717) is 0 Å². The van der Waals surface area contributed by atoms with Crippen molar-refractivity contribution in [2.45, 2.75) is 25.7 Å². The smallest absolute Gasteiger partial charge is 0.0468 e. The Kier molecular flexibility index (Phi) is 6.35. The molecular formula is C16H24BrNO. The Hall–Kier alpha value is -0.380. The number of rotatable bonds is 6. The van der Waals surface area contributed by atoms with Crippen LogP contribution in [0.5, 0.6) is 0 Å². The van der Waals surface area contributed by atoms with E-state index in [0.717, 1.165) is 36.1 Å². The van der Waals surface area contributed by atoms with Crippen LogP contribution in [-0.2, 0) is 11.2 Å². The van der Waals surface area contributed by atoms with E-state index in [9.17, 15) is 0 Å². The van der Waals surface area contributed by atoms with Crippen molar-refractivity contribution in [2.24, 2.45) is 11.8 Å². The van der Waals surface area contributed by atoms with Gasteiger partial charge in [0.2, 0.25) is 0 Å². The van der Waals surface area contributed by atoms with E-state index < -0.39 is 0 Å². The molecule has 2 rings (SSSR count). The first kappa shape index (κ1) is 15.0. The van der Waals surface area contributed by atoms with E-state index in [-0.39, 0.29) is 0 Å². The zero-order chi connectivity index (χ0) is 13.5. The third-order valence-corrected chi connectivity index (χ3v) is 4.47. The highest BCUT2D eigenvalue weighted by Crippen LogP contribution is 2.25. The highest BCUT2D eigenvalue weighted by Gasteiger charge is 2.19. The standard InChI is InChI=1S/C16H24BrNO/c1-18-12-15(11-14-6-8-19-9-7-14)10-13-2-4-16(17)5-3-13/h2-5,14-15,18H,6-12H2,1H3. The van der Waals surface area contributed by atoms with Crippen LogP contribution in [0.15, 0.2) is 28.7 Å². The van der Waals surface area contributed by atoms with E-state index in [4.69, 9.17) is 4.74 Å². The fraction of sp³-hybridized carbons (Fsp3) is 0.625. The highest BCUT2D eigenvalue weighted by molar-refractivity contribution is 9.10. The first-order valence-electron chi connectivity index (χ1n) is 7.24. The topological polar surface area (TPSA) is 21.3 Å². The zero-order valence-electron chi connectivity index (χ0n) is 11.7. The van der Waals surface area contributed by atoms with Crippen LogP contribution in [0.4, 0.5) is 0 Å². The molecule has 1 aromatic carbocycles. The first-order chi connectivity index (χ1) is 9.28. The molecular weight excluding hydrogens is 302 g/mol. The molecule has 0 spiro atoms. The van der Waals surface area contributed by atoms with Gasteiger partial charge in [0.05, 0.1) is 0 Å². The molecule has 1 unspecified atom stereocenters. The van der Waals surface area contributed by atoms with Gasteiger partial charge in [0.25, 0.3) is 0 Å². The average molecular weight is 326 g/mol. The lowest BCUT2D eigenvalue weighted by Gasteiger charge is -2.26. The molecule has 0 bridgehead atoms. The van der Waals surface area contributed by atoms with Gasteiger partial charge in [-0.1, -0.05) is 28.1 Å². The van der Waals surface area contributed by atoms with Crippen molar-refractivity contribution in [3.8, 4) is 0 Å². The second-order valence-electron chi connectivity index (χ2n) is 5.55. The number of ether oxygens (including phenoxy) is 1. The minimum atomic E-state index is 0.731. The summed E-state index contributed by atoms with van der Waals surface area (Å²) in [5.74, 6) is 1.58. The molecule has 1 saturated heterocycles. The zero-order valence-corrected chi connectivity index (χ0v) is 13.3. The normalized spacial score (nSPS) is 18.4. The maximum absolute atomic E-state index is 5.45. The Morgan fingerprint density at radius 2 is 1.95 bits per heavy atom. The molecule has 1 N–H and O–H groups in total. The summed E-state index contributed by atoms with van der Waals surface area (Å²) in [7, 11) is 2.05. The van der Waals surface area contributed by atoms with Crippen LogP contribution in [0.3, 0.4) is 0 Å². The Labute approximate surface area is 125 Å². The predicted octanol–water partition coefficient (Wildman–Crippen LogP) is 3.64. The lowest BCUT2D eigenvalue weighted by molar-refractivity contribution is 0.0586. The maximum atomic E-state index is 5.45. The summed E-state index contributed by atoms with van der Waals surface area (Å²) in [5.41, 5.74) is 1.44. The van der Waals surface area contributed by atoms with Gasteiger partial charge >= 0.3 is 0 Å². The summed E-state index contributed by atoms with van der Waals surface area (Å²) in [5, 5.41) is 3.35. The van der Waals surface area contributed by atoms with E-state index in [1.165, 1.54) is 31.2 Å². The first-order valence-corrected chi connectivity index (χ1v) is 8.04. The van der Waals surface area contributed by atoms with Gasteiger partial charge in [-0.05, 0) is 68.8 Å². The van der Waals surface area contributed by atoms with Crippen molar-refractivity contribution in [1.29, 1.82) is 0 Å². The van der Waals surface area contributed by atoms with Crippen LogP contribution in [0.25, 0.3) is 0 Å². The van der Waals surface area contributed by atoms with Gasteiger partial charge in [-0.3, -0.25) is 0 Å². The molecule has 2 nitrogen and oxygen atoms in total. The molecule has 19 heavy (non-hydrogen) atoms. The summed E-state index contributed by atoms with van der Waals surface area (Å²) in [4.78, 5) is 0. The summed E-state index contributed by atoms with van der Waals surface area (Å²) >= 11 is 3.50. The van der Waals surface area contributed by atoms with Crippen molar-refractivity contribution in [3.05, 3.63) is 34.3 Å². The van der Waals surface area contributed by atoms with Gasteiger partial charge in [-0.15, -0.1) is 0 Å². The highest BCUT2D eigenvalue weighted by atomic mass is 79.9. The fourth-order valence-corrected chi connectivity index (χ4v) is 3.20. The van der Waals surface area contributed by atoms with Crippen LogP contribution < -0.4 is 5.32 Å². The van der Waals surface area contributed by atoms with E-state index in [1.54, 1.807) is 0 Å². The van der Waals surface area contributed by atoms with Gasteiger partial charge in [0.1, 0.15) is 0 Å². The van der Waals surface area contributed by atoms with Crippen molar-refractivity contribution in [3.63, 3.8) is 0 Å². The van der Waals surface area contributed by atoms with Gasteiger partial charge in [-0.25, -0.2) is 0 Å². The second-order valence-corrected chi connectivity index (χ2v) is 6.46. The molecule has 1 fully saturated rings. The van der Waals surface area contributed by atoms with Crippen molar-refractivity contribution in [2.75, 3.05) is 26.8 Å². The van der Waals surface area contributed by atoms with Crippen LogP contribution in [-0.4, -0.2) is 26.8 Å². The molecule has 0 radical (unpaired) electrons. The van der Waals surface area contributed by atoms with Gasteiger partial charge in [0, 0.05) is 17.7 Å². The molecule has 1 atom stereocenters. The number of hydrogen-bond acceptors (Lipinski definition) is 2. The summed E-state index contributed by atoms with van der Waals surface area (Å²) in [6, 6.07) is 8.74. The van der Waals surface area contributed by atoms with Gasteiger partial charge in [0.15, 0.2) is 0 Å². The van der Waals surface area contributed by atoms with Gasteiger partial charge in [-0.2, -0.15) is 0 Å². The molecule has 1 aliphatic heterocycles. The van der Waals surface area contributed by atoms with Crippen LogP contribution in [0, 0.1) is 11.8 Å². The molecule has 3 heteroatoms. The van der Waals surface area contributed by atoms with Crippen LogP contribution >= 0.6 is 15.9 Å². The third-order valence-electron chi connectivity index (χ3n) is 3.94. The Morgan fingerprint density at radius 1 is 1.26 bits per heavy atom. The Morgan fingerprint density at radius 3 is 2.58 bits per heavy atom. The average Bonchev–Trinajstić information content (AvgIpc) is 2.43.